The van der Waals surface area contributed by atoms with Crippen molar-refractivity contribution in [2.75, 3.05) is 4.90 Å². The van der Waals surface area contributed by atoms with E-state index >= 15 is 0 Å². The number of hydrogen-bond acceptors (Lipinski definition) is 2. The Bertz CT molecular complexity index is 3210. The standard InChI is InChI=1S/C54H35NO/c1-2-11-36(12-3-1)37-23-29-42(30-24-37)55(43-31-25-39(26-32-43)46-18-10-19-50-48-16-8-9-20-52(48)56-54(46)50)44-33-27-40(28-34-44)51-35-41-22-21-38-13-4-5-14-45(38)53(41)49-17-7-6-15-47(49)51/h1-35H. The maximum Gasteiger partial charge on any atom is 0.143 e. The summed E-state index contributed by atoms with van der Waals surface area (Å²) in [6.07, 6.45) is 0. The number of rotatable bonds is 6. The van der Waals surface area contributed by atoms with Gasteiger partial charge < -0.3 is 9.32 Å². The molecule has 0 bridgehead atoms. The second kappa shape index (κ2) is 13.2. The Labute approximate surface area is 325 Å². The van der Waals surface area contributed by atoms with Crippen LogP contribution in [0.25, 0.3) is 87.6 Å². The topological polar surface area (TPSA) is 16.4 Å². The van der Waals surface area contributed by atoms with E-state index in [4.69, 9.17) is 4.42 Å². The van der Waals surface area contributed by atoms with Crippen LogP contribution in [0.4, 0.5) is 17.1 Å². The molecule has 2 nitrogen and oxygen atoms in total. The van der Waals surface area contributed by atoms with Gasteiger partial charge in [-0.05, 0) is 109 Å². The molecule has 0 unspecified atom stereocenters. The molecule has 1 heterocycles. The van der Waals surface area contributed by atoms with Crippen LogP contribution in [0, 0.1) is 0 Å². The van der Waals surface area contributed by atoms with Gasteiger partial charge in [0.2, 0.25) is 0 Å². The zero-order valence-corrected chi connectivity index (χ0v) is 30.6. The Morgan fingerprint density at radius 2 is 0.821 bits per heavy atom. The summed E-state index contributed by atoms with van der Waals surface area (Å²) < 4.78 is 6.41. The normalized spacial score (nSPS) is 11.6. The molecule has 11 rings (SSSR count). The molecule has 2 heteroatoms. The average molecular weight is 714 g/mol. The second-order valence-electron chi connectivity index (χ2n) is 14.5. The quantitative estimate of drug-likeness (QED) is 0.160. The van der Waals surface area contributed by atoms with Crippen molar-refractivity contribution in [3.8, 4) is 33.4 Å². The predicted molar refractivity (Wildman–Crippen MR) is 237 cm³/mol. The lowest BCUT2D eigenvalue weighted by Crippen LogP contribution is -2.09. The summed E-state index contributed by atoms with van der Waals surface area (Å²) in [6.45, 7) is 0. The van der Waals surface area contributed by atoms with Gasteiger partial charge in [0.15, 0.2) is 0 Å². The lowest BCUT2D eigenvalue weighted by atomic mass is 9.90. The summed E-state index contributed by atoms with van der Waals surface area (Å²) in [6, 6.07) is 76.4. The van der Waals surface area contributed by atoms with Crippen molar-refractivity contribution >= 4 is 71.3 Å². The smallest absolute Gasteiger partial charge is 0.143 e. The minimum Gasteiger partial charge on any atom is -0.455 e. The number of para-hydroxylation sites is 2. The number of anilines is 3. The van der Waals surface area contributed by atoms with E-state index in [9.17, 15) is 0 Å². The van der Waals surface area contributed by atoms with Crippen LogP contribution in [-0.2, 0) is 0 Å². The largest absolute Gasteiger partial charge is 0.455 e. The zero-order chi connectivity index (χ0) is 37.0. The first-order valence-electron chi connectivity index (χ1n) is 19.2. The van der Waals surface area contributed by atoms with Crippen molar-refractivity contribution in [2.45, 2.75) is 0 Å². The molecule has 0 N–H and O–H groups in total. The summed E-state index contributed by atoms with van der Waals surface area (Å²) in [4.78, 5) is 2.34. The van der Waals surface area contributed by atoms with E-state index in [0.29, 0.717) is 0 Å². The number of benzene rings is 10. The summed E-state index contributed by atoms with van der Waals surface area (Å²) in [5.41, 5.74) is 12.1. The summed E-state index contributed by atoms with van der Waals surface area (Å²) >= 11 is 0. The highest BCUT2D eigenvalue weighted by atomic mass is 16.3. The van der Waals surface area contributed by atoms with Gasteiger partial charge in [-0.1, -0.05) is 164 Å². The Hall–Kier alpha value is -7.42. The van der Waals surface area contributed by atoms with E-state index in [-0.39, 0.29) is 0 Å². The van der Waals surface area contributed by atoms with Crippen molar-refractivity contribution in [3.63, 3.8) is 0 Å². The van der Waals surface area contributed by atoms with E-state index in [1.54, 1.807) is 0 Å². The van der Waals surface area contributed by atoms with Gasteiger partial charge >= 0.3 is 0 Å². The van der Waals surface area contributed by atoms with Crippen molar-refractivity contribution < 1.29 is 4.42 Å². The Balaban J connectivity index is 1.01. The summed E-state index contributed by atoms with van der Waals surface area (Å²) in [7, 11) is 0. The summed E-state index contributed by atoms with van der Waals surface area (Å²) in [5.74, 6) is 0. The first kappa shape index (κ1) is 32.0. The number of fused-ring (bicyclic) bond motifs is 8. The van der Waals surface area contributed by atoms with Gasteiger partial charge in [-0.3, -0.25) is 0 Å². The van der Waals surface area contributed by atoms with E-state index < -0.39 is 0 Å². The van der Waals surface area contributed by atoms with E-state index in [0.717, 1.165) is 50.1 Å². The van der Waals surface area contributed by atoms with E-state index in [1.807, 2.05) is 12.1 Å². The molecule has 0 aliphatic heterocycles. The minimum atomic E-state index is 0.908. The fourth-order valence-electron chi connectivity index (χ4n) is 8.55. The summed E-state index contributed by atoms with van der Waals surface area (Å²) in [5, 5.41) is 9.92. The maximum absolute atomic E-state index is 6.41. The molecule has 0 amide bonds. The van der Waals surface area contributed by atoms with Gasteiger partial charge in [0.05, 0.1) is 0 Å². The SMILES string of the molecule is c1ccc(-c2ccc(N(c3ccc(-c4cc5ccc6ccccc6c5c5ccccc45)cc3)c3ccc(-c4cccc5c4oc4ccccc45)cc3)cc2)cc1. The monoisotopic (exact) mass is 713 g/mol. The lowest BCUT2D eigenvalue weighted by molar-refractivity contribution is 0.670. The highest BCUT2D eigenvalue weighted by molar-refractivity contribution is 6.23. The number of nitrogens with zero attached hydrogens (tertiary/aromatic N) is 1. The number of furan rings is 1. The molecule has 0 aliphatic carbocycles. The van der Waals surface area contributed by atoms with Crippen LogP contribution in [-0.4, -0.2) is 0 Å². The molecular weight excluding hydrogens is 679 g/mol. The van der Waals surface area contributed by atoms with Crippen molar-refractivity contribution in [1.29, 1.82) is 0 Å². The van der Waals surface area contributed by atoms with Crippen molar-refractivity contribution in [2.24, 2.45) is 0 Å². The Kier molecular flexibility index (Phi) is 7.53. The highest BCUT2D eigenvalue weighted by Crippen LogP contribution is 2.42. The molecule has 56 heavy (non-hydrogen) atoms. The third-order valence-corrected chi connectivity index (χ3v) is 11.3. The first-order valence-corrected chi connectivity index (χ1v) is 19.2. The molecule has 262 valence electrons. The molecule has 0 fully saturated rings. The van der Waals surface area contributed by atoms with Gasteiger partial charge in [0.1, 0.15) is 11.2 Å². The van der Waals surface area contributed by atoms with Gasteiger partial charge in [-0.25, -0.2) is 0 Å². The van der Waals surface area contributed by atoms with Gasteiger partial charge in [-0.2, -0.15) is 0 Å². The van der Waals surface area contributed by atoms with Crippen LogP contribution < -0.4 is 4.90 Å². The Morgan fingerprint density at radius 1 is 0.304 bits per heavy atom. The fraction of sp³-hybridized carbons (Fsp3) is 0. The lowest BCUT2D eigenvalue weighted by Gasteiger charge is -2.26. The maximum atomic E-state index is 6.41. The number of hydrogen-bond donors (Lipinski definition) is 0. The third kappa shape index (κ3) is 5.34. The molecule has 1 aromatic heterocycles. The minimum absolute atomic E-state index is 0.908. The molecule has 0 aliphatic rings. The molecule has 0 saturated heterocycles. The van der Waals surface area contributed by atoms with Crippen molar-refractivity contribution in [1.82, 2.24) is 0 Å². The Morgan fingerprint density at radius 3 is 1.54 bits per heavy atom. The molecular formula is C54H35NO. The molecule has 10 aromatic carbocycles. The molecule has 0 spiro atoms. The van der Waals surface area contributed by atoms with Gasteiger partial charge in [0, 0.05) is 33.4 Å². The third-order valence-electron chi connectivity index (χ3n) is 11.3. The fourth-order valence-corrected chi connectivity index (χ4v) is 8.55. The van der Waals surface area contributed by atoms with Crippen LogP contribution in [0.3, 0.4) is 0 Å². The van der Waals surface area contributed by atoms with Crippen molar-refractivity contribution in [3.05, 3.63) is 212 Å². The van der Waals surface area contributed by atoms with Crippen LogP contribution in [0.2, 0.25) is 0 Å². The van der Waals surface area contributed by atoms with Crippen LogP contribution in [0.5, 0.6) is 0 Å². The van der Waals surface area contributed by atoms with Crippen LogP contribution in [0.15, 0.2) is 217 Å². The highest BCUT2D eigenvalue weighted by Gasteiger charge is 2.17. The molecule has 0 radical (unpaired) electrons. The molecule has 0 saturated carbocycles. The van der Waals surface area contributed by atoms with Crippen LogP contribution >= 0.6 is 0 Å². The second-order valence-corrected chi connectivity index (χ2v) is 14.5. The molecule has 11 aromatic rings. The zero-order valence-electron chi connectivity index (χ0n) is 30.6. The first-order chi connectivity index (χ1) is 27.8. The average Bonchev–Trinajstić information content (AvgIpc) is 3.66. The van der Waals surface area contributed by atoms with Gasteiger partial charge in [0.25, 0.3) is 0 Å². The van der Waals surface area contributed by atoms with Crippen LogP contribution in [0.1, 0.15) is 0 Å². The van der Waals surface area contributed by atoms with E-state index in [1.165, 1.54) is 54.6 Å². The van der Waals surface area contributed by atoms with E-state index in [2.05, 4.69) is 205 Å². The van der Waals surface area contributed by atoms with Gasteiger partial charge in [-0.15, -0.1) is 0 Å². The molecule has 0 atom stereocenters. The predicted octanol–water partition coefficient (Wildman–Crippen LogP) is 15.5.